The number of fused-ring (bicyclic) bond motifs is 3. The molecule has 1 aromatic carbocycles. The summed E-state index contributed by atoms with van der Waals surface area (Å²) in [6.07, 6.45) is 10.3. The van der Waals surface area contributed by atoms with Crippen LogP contribution in [0.1, 0.15) is 58.8 Å². The Morgan fingerprint density at radius 1 is 1.16 bits per heavy atom. The normalized spacial score (nSPS) is 31.5. The van der Waals surface area contributed by atoms with E-state index in [1.165, 1.54) is 0 Å². The van der Waals surface area contributed by atoms with Gasteiger partial charge in [-0.05, 0) is 54.9 Å². The molecule has 5 rings (SSSR count). The first kappa shape index (κ1) is 25.6. The van der Waals surface area contributed by atoms with Crippen molar-refractivity contribution in [2.75, 3.05) is 13.7 Å². The number of amides is 2. The van der Waals surface area contributed by atoms with Gasteiger partial charge in [0.15, 0.2) is 0 Å². The van der Waals surface area contributed by atoms with E-state index in [0.717, 1.165) is 42.9 Å². The second-order valence-electron chi connectivity index (χ2n) is 11.1. The van der Waals surface area contributed by atoms with Crippen LogP contribution < -0.4 is 14.8 Å². The Morgan fingerprint density at radius 3 is 2.81 bits per heavy atom. The first-order valence-corrected chi connectivity index (χ1v) is 13.8. The molecule has 2 aliphatic heterocycles. The van der Waals surface area contributed by atoms with Gasteiger partial charge >= 0.3 is 0 Å². The lowest BCUT2D eigenvalue weighted by molar-refractivity contribution is -0.139. The third kappa shape index (κ3) is 5.91. The molecule has 1 N–H and O–H groups in total. The Kier molecular flexibility index (Phi) is 7.68. The van der Waals surface area contributed by atoms with E-state index in [2.05, 4.69) is 36.3 Å². The third-order valence-electron chi connectivity index (χ3n) is 8.21. The van der Waals surface area contributed by atoms with Crippen molar-refractivity contribution in [1.29, 1.82) is 0 Å². The zero-order chi connectivity index (χ0) is 25.9. The van der Waals surface area contributed by atoms with Crippen LogP contribution in [0.25, 0.3) is 10.8 Å². The monoisotopic (exact) mass is 505 g/mol. The highest BCUT2D eigenvalue weighted by Crippen LogP contribution is 2.35. The van der Waals surface area contributed by atoms with Crippen LogP contribution in [0.3, 0.4) is 0 Å². The molecule has 7 nitrogen and oxygen atoms in total. The number of ether oxygens (including phenoxy) is 2. The highest BCUT2D eigenvalue weighted by atomic mass is 16.5. The Bertz CT molecular complexity index is 1160. The molecule has 6 atom stereocenters. The fourth-order valence-electron chi connectivity index (χ4n) is 5.87. The topological polar surface area (TPSA) is 80.8 Å². The van der Waals surface area contributed by atoms with Gasteiger partial charge in [-0.15, -0.1) is 0 Å². The zero-order valence-electron chi connectivity index (χ0n) is 22.2. The standard InChI is InChI=1S/C30H39N3O4/c1-4-20-13-19(2)9-5-6-11-22-15-25(22)31-29(35)26-17-23(18-33(26)28(34)14-20)37-30-24-12-8-7-10-21(24)16-27(32-30)36-3/h6-8,10-12,16,19-20,22-23,25-26H,4-5,9,13-15,17-18H2,1-3H3,(H,31,35)/b11-6-/t19-,20-,22-,23+,25-,26+/m1/s1. The van der Waals surface area contributed by atoms with E-state index in [1.807, 2.05) is 30.3 Å². The van der Waals surface area contributed by atoms with E-state index < -0.39 is 6.04 Å². The lowest BCUT2D eigenvalue weighted by Crippen LogP contribution is -2.47. The van der Waals surface area contributed by atoms with E-state index in [4.69, 9.17) is 9.47 Å². The summed E-state index contributed by atoms with van der Waals surface area (Å²) in [6, 6.07) is 9.39. The van der Waals surface area contributed by atoms with Crippen molar-refractivity contribution in [3.05, 3.63) is 42.5 Å². The van der Waals surface area contributed by atoms with E-state index in [0.29, 0.717) is 48.9 Å². The second kappa shape index (κ2) is 11.1. The van der Waals surface area contributed by atoms with Crippen molar-refractivity contribution in [1.82, 2.24) is 15.2 Å². The molecule has 2 fully saturated rings. The summed E-state index contributed by atoms with van der Waals surface area (Å²) in [7, 11) is 1.58. The van der Waals surface area contributed by atoms with Crippen LogP contribution in [0.4, 0.5) is 0 Å². The van der Waals surface area contributed by atoms with E-state index >= 15 is 0 Å². The Morgan fingerprint density at radius 2 is 2.00 bits per heavy atom. The number of hydrogen-bond acceptors (Lipinski definition) is 5. The second-order valence-corrected chi connectivity index (χ2v) is 11.1. The number of aromatic nitrogens is 1. The first-order valence-electron chi connectivity index (χ1n) is 13.8. The number of benzene rings is 1. The Hall–Kier alpha value is -3.09. The van der Waals surface area contributed by atoms with Crippen LogP contribution in [0.15, 0.2) is 42.5 Å². The highest BCUT2D eigenvalue weighted by Gasteiger charge is 2.44. The van der Waals surface area contributed by atoms with Gasteiger partial charge < -0.3 is 19.7 Å². The molecule has 0 spiro atoms. The minimum absolute atomic E-state index is 0.0501. The molecule has 7 heteroatoms. The van der Waals surface area contributed by atoms with Gasteiger partial charge in [-0.1, -0.05) is 50.6 Å². The average Bonchev–Trinajstić information content (AvgIpc) is 3.49. The maximum atomic E-state index is 13.6. The fraction of sp³-hybridized carbons (Fsp3) is 0.567. The number of carbonyl (C=O) groups is 2. The van der Waals surface area contributed by atoms with Gasteiger partial charge in [0.2, 0.25) is 23.6 Å². The molecule has 37 heavy (non-hydrogen) atoms. The molecule has 3 heterocycles. The van der Waals surface area contributed by atoms with Gasteiger partial charge in [0.25, 0.3) is 0 Å². The Labute approximate surface area is 219 Å². The van der Waals surface area contributed by atoms with E-state index in [-0.39, 0.29) is 24.0 Å². The molecule has 2 amide bonds. The minimum atomic E-state index is -0.528. The number of allylic oxidation sites excluding steroid dienone is 1. The maximum absolute atomic E-state index is 13.6. The summed E-state index contributed by atoms with van der Waals surface area (Å²) < 4.78 is 11.8. The van der Waals surface area contributed by atoms with Gasteiger partial charge in [-0.25, -0.2) is 0 Å². The van der Waals surface area contributed by atoms with E-state index in [1.54, 1.807) is 12.0 Å². The van der Waals surface area contributed by atoms with Gasteiger partial charge in [0.05, 0.1) is 13.7 Å². The largest absolute Gasteiger partial charge is 0.481 e. The third-order valence-corrected chi connectivity index (χ3v) is 8.21. The highest BCUT2D eigenvalue weighted by molar-refractivity contribution is 5.89. The maximum Gasteiger partial charge on any atom is 0.243 e. The van der Waals surface area contributed by atoms with Crippen molar-refractivity contribution >= 4 is 22.6 Å². The molecule has 3 aliphatic rings. The summed E-state index contributed by atoms with van der Waals surface area (Å²) in [4.78, 5) is 33.3. The van der Waals surface area contributed by atoms with Crippen molar-refractivity contribution in [3.8, 4) is 11.8 Å². The smallest absolute Gasteiger partial charge is 0.243 e. The number of hydrogen-bond donors (Lipinski definition) is 1. The molecular formula is C30H39N3O4. The van der Waals surface area contributed by atoms with Crippen molar-refractivity contribution in [2.24, 2.45) is 17.8 Å². The Balaban J connectivity index is 1.38. The minimum Gasteiger partial charge on any atom is -0.481 e. The van der Waals surface area contributed by atoms with Crippen LogP contribution in [0.5, 0.6) is 11.8 Å². The summed E-state index contributed by atoms with van der Waals surface area (Å²) in [5, 5.41) is 5.06. The number of rotatable bonds is 4. The number of nitrogens with one attached hydrogen (secondary N) is 1. The predicted octanol–water partition coefficient (Wildman–Crippen LogP) is 4.89. The van der Waals surface area contributed by atoms with Gasteiger partial charge in [-0.2, -0.15) is 4.98 Å². The van der Waals surface area contributed by atoms with Crippen LogP contribution >= 0.6 is 0 Å². The molecule has 1 aliphatic carbocycles. The molecule has 0 bridgehead atoms. The van der Waals surface area contributed by atoms with Crippen LogP contribution in [0.2, 0.25) is 0 Å². The SMILES string of the molecule is CC[C@H]1CC(=O)N2C[C@@H](Oc3nc(OC)cc4ccccc34)C[C@H]2C(=O)N[C@@H]2C[C@H]2/C=C\CC[C@@H](C)C1. The summed E-state index contributed by atoms with van der Waals surface area (Å²) in [5.41, 5.74) is 0. The first-order chi connectivity index (χ1) is 17.9. The summed E-state index contributed by atoms with van der Waals surface area (Å²) >= 11 is 0. The number of methoxy groups -OCH3 is 1. The van der Waals surface area contributed by atoms with Crippen molar-refractivity contribution < 1.29 is 19.1 Å². The molecule has 198 valence electrons. The van der Waals surface area contributed by atoms with Crippen molar-refractivity contribution in [2.45, 2.75) is 77.0 Å². The molecular weight excluding hydrogens is 466 g/mol. The van der Waals surface area contributed by atoms with Gasteiger partial charge in [0.1, 0.15) is 12.1 Å². The average molecular weight is 506 g/mol. The molecule has 0 radical (unpaired) electrons. The zero-order valence-corrected chi connectivity index (χ0v) is 22.2. The quantitative estimate of drug-likeness (QED) is 0.599. The van der Waals surface area contributed by atoms with Gasteiger partial charge in [0, 0.05) is 30.3 Å². The van der Waals surface area contributed by atoms with E-state index in [9.17, 15) is 9.59 Å². The molecule has 1 saturated heterocycles. The van der Waals surface area contributed by atoms with Crippen LogP contribution in [-0.4, -0.2) is 53.5 Å². The molecule has 1 aromatic heterocycles. The molecule has 1 saturated carbocycles. The molecule has 0 unspecified atom stereocenters. The lowest BCUT2D eigenvalue weighted by Gasteiger charge is -2.26. The summed E-state index contributed by atoms with van der Waals surface area (Å²) in [5.74, 6) is 2.22. The van der Waals surface area contributed by atoms with Crippen LogP contribution in [-0.2, 0) is 9.59 Å². The van der Waals surface area contributed by atoms with Crippen molar-refractivity contribution in [3.63, 3.8) is 0 Å². The van der Waals surface area contributed by atoms with Crippen LogP contribution in [0, 0.1) is 17.8 Å². The number of nitrogens with zero attached hydrogens (tertiary/aromatic N) is 2. The number of pyridine rings is 1. The fourth-order valence-corrected chi connectivity index (χ4v) is 5.87. The number of carbonyl (C=O) groups excluding carboxylic acids is 2. The lowest BCUT2D eigenvalue weighted by atomic mass is 9.88. The molecule has 2 aromatic rings. The predicted molar refractivity (Wildman–Crippen MR) is 143 cm³/mol. The van der Waals surface area contributed by atoms with Gasteiger partial charge in [-0.3, -0.25) is 9.59 Å². The summed E-state index contributed by atoms with van der Waals surface area (Å²) in [6.45, 7) is 4.83.